The van der Waals surface area contributed by atoms with Crippen molar-refractivity contribution in [3.8, 4) is 11.5 Å². The van der Waals surface area contributed by atoms with Crippen LogP contribution in [0.3, 0.4) is 0 Å². The van der Waals surface area contributed by atoms with Crippen LogP contribution in [0.25, 0.3) is 0 Å². The minimum Gasteiger partial charge on any atom is -0.493 e. The van der Waals surface area contributed by atoms with Crippen molar-refractivity contribution < 1.29 is 9.47 Å². The molecule has 2 aromatic heterocycles. The number of nitrogens with zero attached hydrogens (tertiary/aromatic N) is 3. The third-order valence-corrected chi connectivity index (χ3v) is 4.63. The smallest absolute Gasteiger partial charge is 0.161 e. The summed E-state index contributed by atoms with van der Waals surface area (Å²) in [5, 5.41) is 3.52. The fraction of sp³-hybridized carbons (Fsp3) is 0.364. The molecule has 0 fully saturated rings. The lowest BCUT2D eigenvalue weighted by Crippen LogP contribution is -2.24. The van der Waals surface area contributed by atoms with E-state index in [-0.39, 0.29) is 0 Å². The topological polar surface area (TPSA) is 61.2 Å². The number of hydrogen-bond donors (Lipinski definition) is 1. The first-order valence-electron chi connectivity index (χ1n) is 9.52. The molecule has 2 heterocycles. The van der Waals surface area contributed by atoms with Crippen LogP contribution in [0.1, 0.15) is 23.9 Å². The van der Waals surface area contributed by atoms with E-state index in [2.05, 4.69) is 32.8 Å². The Balaban J connectivity index is 1.49. The molecule has 1 aromatic carbocycles. The van der Waals surface area contributed by atoms with Gasteiger partial charge >= 0.3 is 0 Å². The highest BCUT2D eigenvalue weighted by molar-refractivity contribution is 5.43. The van der Waals surface area contributed by atoms with Crippen LogP contribution in [0.2, 0.25) is 0 Å². The van der Waals surface area contributed by atoms with Gasteiger partial charge in [-0.05, 0) is 54.8 Å². The second-order valence-electron chi connectivity index (χ2n) is 6.99. The number of benzene rings is 1. The first-order valence-corrected chi connectivity index (χ1v) is 9.52. The predicted octanol–water partition coefficient (Wildman–Crippen LogP) is 3.60. The van der Waals surface area contributed by atoms with E-state index in [1.165, 1.54) is 5.56 Å². The maximum absolute atomic E-state index is 5.90. The van der Waals surface area contributed by atoms with Crippen LogP contribution in [0.15, 0.2) is 55.1 Å². The normalized spacial score (nSPS) is 12.0. The summed E-state index contributed by atoms with van der Waals surface area (Å²) in [6.07, 6.45) is 7.40. The van der Waals surface area contributed by atoms with Crippen LogP contribution in [0.4, 0.5) is 0 Å². The van der Waals surface area contributed by atoms with Crippen LogP contribution in [-0.4, -0.2) is 28.2 Å². The van der Waals surface area contributed by atoms with Gasteiger partial charge in [-0.1, -0.05) is 13.0 Å². The third kappa shape index (κ3) is 5.57. The van der Waals surface area contributed by atoms with Gasteiger partial charge in [0.05, 0.1) is 7.11 Å². The average molecular weight is 380 g/mol. The van der Waals surface area contributed by atoms with E-state index < -0.39 is 0 Å². The highest BCUT2D eigenvalue weighted by Crippen LogP contribution is 2.28. The molecule has 0 saturated heterocycles. The van der Waals surface area contributed by atoms with Gasteiger partial charge in [-0.15, -0.1) is 0 Å². The minimum atomic E-state index is 0.488. The van der Waals surface area contributed by atoms with Crippen LogP contribution in [-0.2, 0) is 19.7 Å². The standard InChI is InChI=1S/C22H28N4O2/c1-17(15-26-11-10-25-18(26)2)13-24-14-20-4-5-21(22(12-20)27-3)28-16-19-6-8-23-9-7-19/h4-12,17,24H,13-16H2,1-3H3. The van der Waals surface area contributed by atoms with E-state index in [1.807, 2.05) is 43.6 Å². The number of aryl methyl sites for hydroxylation is 1. The third-order valence-electron chi connectivity index (χ3n) is 4.63. The van der Waals surface area contributed by atoms with E-state index in [4.69, 9.17) is 9.47 Å². The molecule has 6 heteroatoms. The number of nitrogens with one attached hydrogen (secondary N) is 1. The van der Waals surface area contributed by atoms with Crippen molar-refractivity contribution in [1.82, 2.24) is 19.9 Å². The van der Waals surface area contributed by atoms with Gasteiger partial charge in [0, 0.05) is 37.9 Å². The van der Waals surface area contributed by atoms with Gasteiger partial charge in [0.15, 0.2) is 11.5 Å². The summed E-state index contributed by atoms with van der Waals surface area (Å²) in [5.41, 5.74) is 2.24. The lowest BCUT2D eigenvalue weighted by atomic mass is 10.1. The number of pyridine rings is 1. The minimum absolute atomic E-state index is 0.488. The van der Waals surface area contributed by atoms with Gasteiger partial charge in [-0.25, -0.2) is 4.98 Å². The molecule has 0 spiro atoms. The molecule has 0 radical (unpaired) electrons. The van der Waals surface area contributed by atoms with Gasteiger partial charge < -0.3 is 19.4 Å². The maximum atomic E-state index is 5.90. The molecule has 0 bridgehead atoms. The second kappa shape index (κ2) is 9.90. The molecule has 1 N–H and O–H groups in total. The fourth-order valence-electron chi connectivity index (χ4n) is 3.04. The van der Waals surface area contributed by atoms with Gasteiger partial charge in [0.25, 0.3) is 0 Å². The Bertz CT molecular complexity index is 864. The zero-order valence-corrected chi connectivity index (χ0v) is 16.8. The molecular weight excluding hydrogens is 352 g/mol. The zero-order chi connectivity index (χ0) is 19.8. The molecule has 28 heavy (non-hydrogen) atoms. The van der Waals surface area contributed by atoms with Crippen molar-refractivity contribution in [3.63, 3.8) is 0 Å². The van der Waals surface area contributed by atoms with Crippen molar-refractivity contribution in [3.05, 3.63) is 72.1 Å². The van der Waals surface area contributed by atoms with Crippen molar-refractivity contribution in [2.45, 2.75) is 33.5 Å². The molecule has 6 nitrogen and oxygen atoms in total. The van der Waals surface area contributed by atoms with Crippen LogP contribution in [0.5, 0.6) is 11.5 Å². The Labute approximate surface area is 166 Å². The van der Waals surface area contributed by atoms with E-state index in [1.54, 1.807) is 19.5 Å². The molecule has 0 aliphatic carbocycles. The summed E-state index contributed by atoms with van der Waals surface area (Å²) in [6, 6.07) is 9.95. The number of imidazole rings is 1. The fourth-order valence-corrected chi connectivity index (χ4v) is 3.04. The number of hydrogen-bond acceptors (Lipinski definition) is 5. The number of aromatic nitrogens is 3. The number of ether oxygens (including phenoxy) is 2. The van der Waals surface area contributed by atoms with Crippen LogP contribution < -0.4 is 14.8 Å². The summed E-state index contributed by atoms with van der Waals surface area (Å²) in [5.74, 6) is 3.05. The quantitative estimate of drug-likeness (QED) is 0.582. The van der Waals surface area contributed by atoms with Gasteiger partial charge in [0.1, 0.15) is 12.4 Å². The van der Waals surface area contributed by atoms with Gasteiger partial charge in [-0.3, -0.25) is 4.98 Å². The molecule has 3 rings (SSSR count). The Kier molecular flexibility index (Phi) is 7.03. The van der Waals surface area contributed by atoms with Crippen LogP contribution in [0, 0.1) is 12.8 Å². The SMILES string of the molecule is COc1cc(CNCC(C)Cn2ccnc2C)ccc1OCc1ccncc1. The van der Waals surface area contributed by atoms with E-state index in [0.29, 0.717) is 12.5 Å². The largest absolute Gasteiger partial charge is 0.493 e. The summed E-state index contributed by atoms with van der Waals surface area (Å²) in [7, 11) is 1.67. The summed E-state index contributed by atoms with van der Waals surface area (Å²) >= 11 is 0. The lowest BCUT2D eigenvalue weighted by Gasteiger charge is -2.15. The van der Waals surface area contributed by atoms with E-state index in [0.717, 1.165) is 42.5 Å². The van der Waals surface area contributed by atoms with E-state index >= 15 is 0 Å². The molecule has 1 unspecified atom stereocenters. The Morgan fingerprint density at radius 2 is 1.89 bits per heavy atom. The van der Waals surface area contributed by atoms with Gasteiger partial charge in [-0.2, -0.15) is 0 Å². The summed E-state index contributed by atoms with van der Waals surface area (Å²) in [4.78, 5) is 8.29. The molecule has 1 atom stereocenters. The molecule has 0 aliphatic heterocycles. The van der Waals surface area contributed by atoms with Gasteiger partial charge in [0.2, 0.25) is 0 Å². The lowest BCUT2D eigenvalue weighted by molar-refractivity contribution is 0.284. The van der Waals surface area contributed by atoms with E-state index in [9.17, 15) is 0 Å². The monoisotopic (exact) mass is 380 g/mol. The average Bonchev–Trinajstić information content (AvgIpc) is 3.12. The predicted molar refractivity (Wildman–Crippen MR) is 109 cm³/mol. The number of rotatable bonds is 10. The van der Waals surface area contributed by atoms with Crippen molar-refractivity contribution in [2.24, 2.45) is 5.92 Å². The summed E-state index contributed by atoms with van der Waals surface area (Å²) in [6.45, 7) is 7.44. The first kappa shape index (κ1) is 19.9. The van der Waals surface area contributed by atoms with Crippen molar-refractivity contribution in [2.75, 3.05) is 13.7 Å². The molecule has 0 aliphatic rings. The molecule has 3 aromatic rings. The Morgan fingerprint density at radius 3 is 2.61 bits per heavy atom. The van der Waals surface area contributed by atoms with Crippen molar-refractivity contribution >= 4 is 0 Å². The highest BCUT2D eigenvalue weighted by Gasteiger charge is 2.08. The summed E-state index contributed by atoms with van der Waals surface area (Å²) < 4.78 is 13.6. The Hall–Kier alpha value is -2.86. The first-order chi connectivity index (χ1) is 13.7. The maximum Gasteiger partial charge on any atom is 0.161 e. The molecule has 0 amide bonds. The molecule has 0 saturated carbocycles. The van der Waals surface area contributed by atoms with Crippen molar-refractivity contribution in [1.29, 1.82) is 0 Å². The molecule has 148 valence electrons. The molecular formula is C22H28N4O2. The highest BCUT2D eigenvalue weighted by atomic mass is 16.5. The Morgan fingerprint density at radius 1 is 1.07 bits per heavy atom. The van der Waals surface area contributed by atoms with Crippen LogP contribution >= 0.6 is 0 Å². The zero-order valence-electron chi connectivity index (χ0n) is 16.8. The second-order valence-corrected chi connectivity index (χ2v) is 6.99. The number of methoxy groups -OCH3 is 1.